The molecule has 2 rings (SSSR count). The fraction of sp³-hybridized carbons (Fsp3) is 0.600. The lowest BCUT2D eigenvalue weighted by molar-refractivity contribution is -0.133. The number of rotatable bonds is 3. The molecule has 1 aromatic rings. The van der Waals surface area contributed by atoms with Gasteiger partial charge in [-0.2, -0.15) is 0 Å². The molecule has 0 saturated carbocycles. The second-order valence-corrected chi connectivity index (χ2v) is 5.45. The van der Waals surface area contributed by atoms with Gasteiger partial charge in [-0.1, -0.05) is 44.2 Å². The maximum atomic E-state index is 9.94. The molecule has 0 aliphatic carbocycles. The Balaban J connectivity index is 2.29. The maximum Gasteiger partial charge on any atom is 0.0958 e. The highest BCUT2D eigenvalue weighted by molar-refractivity contribution is 5.23. The summed E-state index contributed by atoms with van der Waals surface area (Å²) in [6, 6.07) is 10.3. The van der Waals surface area contributed by atoms with E-state index in [-0.39, 0.29) is 11.7 Å². The molecule has 1 fully saturated rings. The van der Waals surface area contributed by atoms with Gasteiger partial charge in [-0.05, 0) is 24.3 Å². The van der Waals surface area contributed by atoms with Crippen LogP contribution in [0.4, 0.5) is 0 Å². The SMILES string of the molecule is CC(C)CC1(c2ccccc2)CC(O)CCO1. The molecule has 2 atom stereocenters. The number of aliphatic hydroxyl groups excluding tert-OH is 1. The van der Waals surface area contributed by atoms with Gasteiger partial charge in [0.05, 0.1) is 18.3 Å². The molecule has 2 nitrogen and oxygen atoms in total. The molecule has 1 saturated heterocycles. The van der Waals surface area contributed by atoms with Crippen molar-refractivity contribution in [3.05, 3.63) is 35.9 Å². The van der Waals surface area contributed by atoms with Crippen molar-refractivity contribution >= 4 is 0 Å². The Labute approximate surface area is 104 Å². The smallest absolute Gasteiger partial charge is 0.0958 e. The fourth-order valence-corrected chi connectivity index (χ4v) is 2.79. The van der Waals surface area contributed by atoms with Crippen LogP contribution >= 0.6 is 0 Å². The minimum absolute atomic E-state index is 0.234. The predicted molar refractivity (Wildman–Crippen MR) is 68.8 cm³/mol. The van der Waals surface area contributed by atoms with Crippen LogP contribution in [0.25, 0.3) is 0 Å². The van der Waals surface area contributed by atoms with Crippen molar-refractivity contribution in [2.45, 2.75) is 44.8 Å². The molecule has 2 heteroatoms. The van der Waals surface area contributed by atoms with Gasteiger partial charge in [0.1, 0.15) is 0 Å². The highest BCUT2D eigenvalue weighted by Crippen LogP contribution is 2.40. The summed E-state index contributed by atoms with van der Waals surface area (Å²) in [5.74, 6) is 0.556. The van der Waals surface area contributed by atoms with E-state index in [4.69, 9.17) is 4.74 Å². The maximum absolute atomic E-state index is 9.94. The Kier molecular flexibility index (Phi) is 3.85. The molecule has 17 heavy (non-hydrogen) atoms. The van der Waals surface area contributed by atoms with Crippen molar-refractivity contribution in [3.8, 4) is 0 Å². The van der Waals surface area contributed by atoms with E-state index in [1.165, 1.54) is 5.56 Å². The minimum Gasteiger partial charge on any atom is -0.393 e. The van der Waals surface area contributed by atoms with E-state index in [1.807, 2.05) is 18.2 Å². The van der Waals surface area contributed by atoms with Crippen LogP contribution in [0.1, 0.15) is 38.7 Å². The van der Waals surface area contributed by atoms with Crippen LogP contribution in [0.2, 0.25) is 0 Å². The molecule has 1 aromatic carbocycles. The fourth-order valence-electron chi connectivity index (χ4n) is 2.79. The highest BCUT2D eigenvalue weighted by Gasteiger charge is 2.38. The zero-order chi connectivity index (χ0) is 12.3. The first-order chi connectivity index (χ1) is 8.12. The molecule has 2 unspecified atom stereocenters. The monoisotopic (exact) mass is 234 g/mol. The number of ether oxygens (including phenoxy) is 1. The molecule has 1 aliphatic heterocycles. The summed E-state index contributed by atoms with van der Waals surface area (Å²) in [7, 11) is 0. The highest BCUT2D eigenvalue weighted by atomic mass is 16.5. The van der Waals surface area contributed by atoms with Crippen LogP contribution in [-0.4, -0.2) is 17.8 Å². The van der Waals surface area contributed by atoms with Crippen LogP contribution < -0.4 is 0 Å². The van der Waals surface area contributed by atoms with Gasteiger partial charge >= 0.3 is 0 Å². The molecule has 1 aliphatic rings. The van der Waals surface area contributed by atoms with Crippen LogP contribution in [0, 0.1) is 5.92 Å². The summed E-state index contributed by atoms with van der Waals surface area (Å²) in [6.45, 7) is 5.06. The average Bonchev–Trinajstić information content (AvgIpc) is 2.29. The van der Waals surface area contributed by atoms with Gasteiger partial charge in [-0.25, -0.2) is 0 Å². The lowest BCUT2D eigenvalue weighted by Gasteiger charge is -2.41. The molecule has 0 spiro atoms. The first-order valence-electron chi connectivity index (χ1n) is 6.50. The molecule has 1 N–H and O–H groups in total. The Hall–Kier alpha value is -0.860. The lowest BCUT2D eigenvalue weighted by atomic mass is 9.79. The van der Waals surface area contributed by atoms with Crippen molar-refractivity contribution in [1.29, 1.82) is 0 Å². The third-order valence-electron chi connectivity index (χ3n) is 3.43. The third kappa shape index (κ3) is 2.88. The Morgan fingerprint density at radius 1 is 1.35 bits per heavy atom. The van der Waals surface area contributed by atoms with Crippen molar-refractivity contribution in [3.63, 3.8) is 0 Å². The van der Waals surface area contributed by atoms with Gasteiger partial charge in [0.2, 0.25) is 0 Å². The summed E-state index contributed by atoms with van der Waals surface area (Å²) >= 11 is 0. The quantitative estimate of drug-likeness (QED) is 0.870. The van der Waals surface area contributed by atoms with Crippen LogP contribution in [0.5, 0.6) is 0 Å². The molecule has 0 amide bonds. The normalized spacial score (nSPS) is 29.5. The van der Waals surface area contributed by atoms with E-state index >= 15 is 0 Å². The molecule has 1 heterocycles. The second kappa shape index (κ2) is 5.19. The summed E-state index contributed by atoms with van der Waals surface area (Å²) in [4.78, 5) is 0. The first-order valence-corrected chi connectivity index (χ1v) is 6.50. The van der Waals surface area contributed by atoms with Gasteiger partial charge in [0, 0.05) is 6.42 Å². The average molecular weight is 234 g/mol. The Bertz CT molecular complexity index is 343. The van der Waals surface area contributed by atoms with E-state index in [1.54, 1.807) is 0 Å². The Morgan fingerprint density at radius 3 is 2.65 bits per heavy atom. The topological polar surface area (TPSA) is 29.5 Å². The van der Waals surface area contributed by atoms with E-state index < -0.39 is 0 Å². The molecule has 0 bridgehead atoms. The number of hydrogen-bond donors (Lipinski definition) is 1. The standard InChI is InChI=1S/C15H22O2/c1-12(2)10-15(11-14(16)8-9-17-15)13-6-4-3-5-7-13/h3-7,12,14,16H,8-11H2,1-2H3. The van der Waals surface area contributed by atoms with Crippen molar-refractivity contribution in [2.24, 2.45) is 5.92 Å². The second-order valence-electron chi connectivity index (χ2n) is 5.45. The van der Waals surface area contributed by atoms with Gasteiger partial charge in [0.25, 0.3) is 0 Å². The van der Waals surface area contributed by atoms with Gasteiger partial charge < -0.3 is 9.84 Å². The summed E-state index contributed by atoms with van der Waals surface area (Å²) in [6.07, 6.45) is 2.21. The summed E-state index contributed by atoms with van der Waals surface area (Å²) < 4.78 is 6.07. The van der Waals surface area contributed by atoms with Crippen LogP contribution in [-0.2, 0) is 10.3 Å². The largest absolute Gasteiger partial charge is 0.393 e. The number of aliphatic hydroxyl groups is 1. The summed E-state index contributed by atoms with van der Waals surface area (Å²) in [5, 5.41) is 9.94. The zero-order valence-corrected chi connectivity index (χ0v) is 10.7. The van der Waals surface area contributed by atoms with Crippen molar-refractivity contribution in [1.82, 2.24) is 0 Å². The number of benzene rings is 1. The van der Waals surface area contributed by atoms with E-state index in [0.717, 1.165) is 19.3 Å². The van der Waals surface area contributed by atoms with Gasteiger partial charge in [0.15, 0.2) is 0 Å². The molecular formula is C15H22O2. The number of hydrogen-bond acceptors (Lipinski definition) is 2. The van der Waals surface area contributed by atoms with E-state index in [2.05, 4.69) is 26.0 Å². The third-order valence-corrected chi connectivity index (χ3v) is 3.43. The van der Waals surface area contributed by atoms with E-state index in [9.17, 15) is 5.11 Å². The Morgan fingerprint density at radius 2 is 2.06 bits per heavy atom. The molecular weight excluding hydrogens is 212 g/mol. The van der Waals surface area contributed by atoms with Crippen LogP contribution in [0.3, 0.4) is 0 Å². The molecule has 94 valence electrons. The first kappa shape index (κ1) is 12.6. The van der Waals surface area contributed by atoms with Gasteiger partial charge in [-0.3, -0.25) is 0 Å². The lowest BCUT2D eigenvalue weighted by Crippen LogP contribution is -2.40. The van der Waals surface area contributed by atoms with Crippen LogP contribution in [0.15, 0.2) is 30.3 Å². The van der Waals surface area contributed by atoms with Gasteiger partial charge in [-0.15, -0.1) is 0 Å². The minimum atomic E-state index is -0.285. The summed E-state index contributed by atoms with van der Waals surface area (Å²) in [5.41, 5.74) is 0.917. The molecule has 0 radical (unpaired) electrons. The van der Waals surface area contributed by atoms with Crippen molar-refractivity contribution < 1.29 is 9.84 Å². The predicted octanol–water partition coefficient (Wildman–Crippen LogP) is 3.10. The van der Waals surface area contributed by atoms with E-state index in [0.29, 0.717) is 12.5 Å². The molecule has 0 aromatic heterocycles. The van der Waals surface area contributed by atoms with Crippen molar-refractivity contribution in [2.75, 3.05) is 6.61 Å². The zero-order valence-electron chi connectivity index (χ0n) is 10.7.